The summed E-state index contributed by atoms with van der Waals surface area (Å²) in [6.07, 6.45) is 0. The van der Waals surface area contributed by atoms with Gasteiger partial charge in [-0.1, -0.05) is 48.1 Å². The largest absolute Gasteiger partial charge is 0.389 e. The van der Waals surface area contributed by atoms with Crippen molar-refractivity contribution in [3.8, 4) is 0 Å². The third kappa shape index (κ3) is 4.03. The van der Waals surface area contributed by atoms with Gasteiger partial charge >= 0.3 is 0 Å². The Bertz CT molecular complexity index is 683. The van der Waals surface area contributed by atoms with Gasteiger partial charge in [0.05, 0.1) is 0 Å². The van der Waals surface area contributed by atoms with Gasteiger partial charge in [-0.3, -0.25) is 4.79 Å². The molecule has 0 aliphatic carbocycles. The van der Waals surface area contributed by atoms with Crippen molar-refractivity contribution in [3.63, 3.8) is 0 Å². The second kappa shape index (κ2) is 6.70. The average Bonchev–Trinajstić information content (AvgIpc) is 2.48. The van der Waals surface area contributed by atoms with E-state index in [1.807, 2.05) is 31.2 Å². The van der Waals surface area contributed by atoms with Crippen LogP contribution in [0.4, 0.5) is 0 Å². The molecule has 0 radical (unpaired) electrons. The minimum absolute atomic E-state index is 0.131. The topological polar surface area (TPSA) is 55.1 Å². The Balaban J connectivity index is 2.00. The Morgan fingerprint density at radius 3 is 2.38 bits per heavy atom. The molecule has 1 amide bonds. The molecule has 0 aliphatic heterocycles. The Hall–Kier alpha value is -1.91. The number of halogens is 1. The van der Waals surface area contributed by atoms with Crippen LogP contribution in [0.15, 0.2) is 42.5 Å². The van der Waals surface area contributed by atoms with Crippen LogP contribution in [-0.4, -0.2) is 10.9 Å². The van der Waals surface area contributed by atoms with E-state index in [0.29, 0.717) is 22.1 Å². The van der Waals surface area contributed by atoms with E-state index >= 15 is 0 Å². The molecular formula is C16H15ClN2OS. The van der Waals surface area contributed by atoms with Crippen LogP contribution in [0.2, 0.25) is 5.02 Å². The number of benzene rings is 2. The zero-order valence-electron chi connectivity index (χ0n) is 11.5. The molecule has 0 heterocycles. The Labute approximate surface area is 134 Å². The van der Waals surface area contributed by atoms with Gasteiger partial charge in [0.1, 0.15) is 4.99 Å². The van der Waals surface area contributed by atoms with Gasteiger partial charge in [0.25, 0.3) is 5.91 Å². The first-order valence-electron chi connectivity index (χ1n) is 6.40. The van der Waals surface area contributed by atoms with Crippen molar-refractivity contribution in [2.45, 2.75) is 13.5 Å². The molecule has 0 aliphatic rings. The molecule has 2 rings (SSSR count). The van der Waals surface area contributed by atoms with E-state index < -0.39 is 0 Å². The normalized spacial score (nSPS) is 10.2. The maximum absolute atomic E-state index is 12.1. The summed E-state index contributed by atoms with van der Waals surface area (Å²) in [7, 11) is 0. The van der Waals surface area contributed by atoms with Crippen molar-refractivity contribution in [1.82, 2.24) is 5.32 Å². The Morgan fingerprint density at radius 2 is 1.81 bits per heavy atom. The molecule has 3 nitrogen and oxygen atoms in total. The van der Waals surface area contributed by atoms with Crippen LogP contribution in [0.25, 0.3) is 0 Å². The minimum Gasteiger partial charge on any atom is -0.389 e. The van der Waals surface area contributed by atoms with Crippen LogP contribution in [0.5, 0.6) is 0 Å². The molecule has 108 valence electrons. The quantitative estimate of drug-likeness (QED) is 0.851. The van der Waals surface area contributed by atoms with Crippen LogP contribution < -0.4 is 11.1 Å². The van der Waals surface area contributed by atoms with Crippen molar-refractivity contribution in [1.29, 1.82) is 0 Å². The zero-order chi connectivity index (χ0) is 15.4. The fourth-order valence-corrected chi connectivity index (χ4v) is 2.11. The number of thiocarbonyl (C=S) groups is 1. The first kappa shape index (κ1) is 15.5. The second-order valence-electron chi connectivity index (χ2n) is 4.71. The maximum atomic E-state index is 12.1. The van der Waals surface area contributed by atoms with E-state index in [2.05, 4.69) is 5.32 Å². The molecule has 5 heteroatoms. The first-order chi connectivity index (χ1) is 9.97. The van der Waals surface area contributed by atoms with Gasteiger partial charge in [-0.15, -0.1) is 0 Å². The molecule has 21 heavy (non-hydrogen) atoms. The summed E-state index contributed by atoms with van der Waals surface area (Å²) in [5.41, 5.74) is 8.81. The lowest BCUT2D eigenvalue weighted by atomic mass is 10.1. The summed E-state index contributed by atoms with van der Waals surface area (Å²) in [5.74, 6) is -0.131. The Morgan fingerprint density at radius 1 is 1.19 bits per heavy atom. The standard InChI is InChI=1S/C16H15ClN2OS/c1-10-8-13(6-7-14(10)17)16(20)19-9-11-2-4-12(5-3-11)15(18)21/h2-8H,9H2,1H3,(H2,18,21)(H,19,20). The number of hydrogen-bond donors (Lipinski definition) is 2. The van der Waals surface area contributed by atoms with E-state index in [9.17, 15) is 4.79 Å². The van der Waals surface area contributed by atoms with Crippen LogP contribution in [0, 0.1) is 6.92 Å². The van der Waals surface area contributed by atoms with Gasteiger partial charge in [-0.25, -0.2) is 0 Å². The highest BCUT2D eigenvalue weighted by molar-refractivity contribution is 7.80. The zero-order valence-corrected chi connectivity index (χ0v) is 13.1. The van der Waals surface area contributed by atoms with E-state index in [4.69, 9.17) is 29.6 Å². The molecule has 2 aromatic carbocycles. The lowest BCUT2D eigenvalue weighted by Crippen LogP contribution is -2.22. The average molecular weight is 319 g/mol. The monoisotopic (exact) mass is 318 g/mol. The highest BCUT2D eigenvalue weighted by Gasteiger charge is 2.07. The third-order valence-electron chi connectivity index (χ3n) is 3.11. The van der Waals surface area contributed by atoms with Crippen LogP contribution >= 0.6 is 23.8 Å². The lowest BCUT2D eigenvalue weighted by molar-refractivity contribution is 0.0951. The summed E-state index contributed by atoms with van der Waals surface area (Å²) >= 11 is 10.8. The summed E-state index contributed by atoms with van der Waals surface area (Å²) < 4.78 is 0. The number of rotatable bonds is 4. The fraction of sp³-hybridized carbons (Fsp3) is 0.125. The molecule has 0 fully saturated rings. The number of nitrogens with two attached hydrogens (primary N) is 1. The second-order valence-corrected chi connectivity index (χ2v) is 5.55. The molecule has 0 unspecified atom stereocenters. The van der Waals surface area contributed by atoms with E-state index in [0.717, 1.165) is 16.7 Å². The van der Waals surface area contributed by atoms with Gasteiger partial charge in [0.2, 0.25) is 0 Å². The number of nitrogens with one attached hydrogen (secondary N) is 1. The van der Waals surface area contributed by atoms with Crippen LogP contribution in [-0.2, 0) is 6.54 Å². The number of amides is 1. The molecule has 0 saturated heterocycles. The maximum Gasteiger partial charge on any atom is 0.251 e. The molecule has 0 bridgehead atoms. The van der Waals surface area contributed by atoms with Crippen molar-refractivity contribution >= 4 is 34.7 Å². The molecule has 0 spiro atoms. The molecule has 2 aromatic rings. The lowest BCUT2D eigenvalue weighted by Gasteiger charge is -2.07. The predicted molar refractivity (Wildman–Crippen MR) is 89.7 cm³/mol. The third-order valence-corrected chi connectivity index (χ3v) is 3.77. The van der Waals surface area contributed by atoms with Crippen LogP contribution in [0.1, 0.15) is 27.0 Å². The summed E-state index contributed by atoms with van der Waals surface area (Å²) in [4.78, 5) is 12.4. The minimum atomic E-state index is -0.131. The van der Waals surface area contributed by atoms with Crippen molar-refractivity contribution in [2.75, 3.05) is 0 Å². The Kier molecular flexibility index (Phi) is 4.94. The van der Waals surface area contributed by atoms with Gasteiger partial charge < -0.3 is 11.1 Å². The van der Waals surface area contributed by atoms with Crippen LogP contribution in [0.3, 0.4) is 0 Å². The number of carbonyl (C=O) groups is 1. The van der Waals surface area contributed by atoms with E-state index in [1.165, 1.54) is 0 Å². The smallest absolute Gasteiger partial charge is 0.251 e. The SMILES string of the molecule is Cc1cc(C(=O)NCc2ccc(C(N)=S)cc2)ccc1Cl. The van der Waals surface area contributed by atoms with E-state index in [-0.39, 0.29) is 5.91 Å². The molecular weight excluding hydrogens is 304 g/mol. The van der Waals surface area contributed by atoms with Crippen molar-refractivity contribution in [3.05, 3.63) is 69.7 Å². The van der Waals surface area contributed by atoms with Gasteiger partial charge in [0, 0.05) is 22.7 Å². The van der Waals surface area contributed by atoms with Crippen molar-refractivity contribution in [2.24, 2.45) is 5.73 Å². The number of hydrogen-bond acceptors (Lipinski definition) is 2. The highest BCUT2D eigenvalue weighted by Crippen LogP contribution is 2.16. The van der Waals surface area contributed by atoms with E-state index in [1.54, 1.807) is 18.2 Å². The van der Waals surface area contributed by atoms with Gasteiger partial charge in [-0.05, 0) is 36.2 Å². The summed E-state index contributed by atoms with van der Waals surface area (Å²) in [6, 6.07) is 12.7. The van der Waals surface area contributed by atoms with Gasteiger partial charge in [0.15, 0.2) is 0 Å². The number of carbonyl (C=O) groups excluding carboxylic acids is 1. The first-order valence-corrected chi connectivity index (χ1v) is 7.19. The highest BCUT2D eigenvalue weighted by atomic mass is 35.5. The van der Waals surface area contributed by atoms with Crippen molar-refractivity contribution < 1.29 is 4.79 Å². The molecule has 0 aromatic heterocycles. The number of aryl methyl sites for hydroxylation is 1. The summed E-state index contributed by atoms with van der Waals surface area (Å²) in [6.45, 7) is 2.31. The van der Waals surface area contributed by atoms with Gasteiger partial charge in [-0.2, -0.15) is 0 Å². The predicted octanol–water partition coefficient (Wildman–Crippen LogP) is 3.21. The fourth-order valence-electron chi connectivity index (χ4n) is 1.86. The molecule has 0 saturated carbocycles. The molecule has 0 atom stereocenters. The summed E-state index contributed by atoms with van der Waals surface area (Å²) in [5, 5.41) is 3.52. The molecule has 3 N–H and O–H groups in total.